The molecule has 170 valence electrons. The van der Waals surface area contributed by atoms with E-state index in [1.165, 1.54) is 0 Å². The highest BCUT2D eigenvalue weighted by Gasteiger charge is 2.31. The fraction of sp³-hybridized carbons (Fsp3) is 0.375. The summed E-state index contributed by atoms with van der Waals surface area (Å²) in [6.07, 6.45) is 1.58. The number of aromatic hydroxyl groups is 1. The number of rotatable bonds is 7. The SMILES string of the molecule is Cc1cc(O)c([C@H](c2cccc(Cl)c2)N2CCN(CCO)CC2)c(=O)n1Cc1ccco1. The number of benzene rings is 1. The van der Waals surface area contributed by atoms with Gasteiger partial charge >= 0.3 is 0 Å². The van der Waals surface area contributed by atoms with Gasteiger partial charge in [-0.2, -0.15) is 0 Å². The van der Waals surface area contributed by atoms with Crippen LogP contribution in [0.1, 0.15) is 28.6 Å². The van der Waals surface area contributed by atoms with Gasteiger partial charge < -0.3 is 19.2 Å². The van der Waals surface area contributed by atoms with E-state index in [0.717, 1.165) is 18.7 Å². The summed E-state index contributed by atoms with van der Waals surface area (Å²) in [6.45, 7) is 5.77. The predicted molar refractivity (Wildman–Crippen MR) is 123 cm³/mol. The molecule has 0 radical (unpaired) electrons. The minimum absolute atomic E-state index is 0.0223. The molecule has 1 saturated heterocycles. The van der Waals surface area contributed by atoms with Gasteiger partial charge in [0.1, 0.15) is 11.5 Å². The molecule has 4 rings (SSSR count). The minimum Gasteiger partial charge on any atom is -0.507 e. The largest absolute Gasteiger partial charge is 0.507 e. The van der Waals surface area contributed by atoms with Gasteiger partial charge in [-0.15, -0.1) is 0 Å². The molecule has 3 aromatic rings. The number of aliphatic hydroxyl groups is 1. The average Bonchev–Trinajstić information content (AvgIpc) is 3.28. The van der Waals surface area contributed by atoms with E-state index in [0.29, 0.717) is 41.7 Å². The molecule has 0 saturated carbocycles. The van der Waals surface area contributed by atoms with Crippen LogP contribution >= 0.6 is 11.6 Å². The van der Waals surface area contributed by atoms with Gasteiger partial charge in [0.2, 0.25) is 0 Å². The van der Waals surface area contributed by atoms with Gasteiger partial charge in [0.15, 0.2) is 0 Å². The smallest absolute Gasteiger partial charge is 0.260 e. The molecular weight excluding hydrogens is 430 g/mol. The molecule has 1 aromatic carbocycles. The lowest BCUT2D eigenvalue weighted by Crippen LogP contribution is -2.49. The van der Waals surface area contributed by atoms with Gasteiger partial charge in [-0.25, -0.2) is 0 Å². The van der Waals surface area contributed by atoms with Crippen LogP contribution in [0.2, 0.25) is 5.02 Å². The lowest BCUT2D eigenvalue weighted by Gasteiger charge is -2.39. The number of aliphatic hydroxyl groups excluding tert-OH is 1. The molecule has 8 heteroatoms. The molecule has 2 N–H and O–H groups in total. The number of nitrogens with zero attached hydrogens (tertiary/aromatic N) is 3. The highest BCUT2D eigenvalue weighted by Crippen LogP contribution is 2.34. The van der Waals surface area contributed by atoms with Gasteiger partial charge in [-0.3, -0.25) is 14.6 Å². The molecule has 0 amide bonds. The number of aryl methyl sites for hydroxylation is 1. The van der Waals surface area contributed by atoms with E-state index in [1.807, 2.05) is 24.3 Å². The Labute approximate surface area is 192 Å². The van der Waals surface area contributed by atoms with Crippen molar-refractivity contribution in [3.05, 3.63) is 86.7 Å². The Hall–Kier alpha value is -2.58. The molecule has 32 heavy (non-hydrogen) atoms. The first kappa shape index (κ1) is 22.6. The van der Waals surface area contributed by atoms with Crippen LogP contribution in [-0.2, 0) is 6.54 Å². The first-order chi connectivity index (χ1) is 15.5. The van der Waals surface area contributed by atoms with Crippen molar-refractivity contribution in [3.63, 3.8) is 0 Å². The van der Waals surface area contributed by atoms with E-state index in [-0.39, 0.29) is 24.5 Å². The van der Waals surface area contributed by atoms with Crippen molar-refractivity contribution in [2.75, 3.05) is 39.3 Å². The second-order valence-electron chi connectivity index (χ2n) is 8.11. The Morgan fingerprint density at radius 1 is 1.12 bits per heavy atom. The molecule has 1 fully saturated rings. The van der Waals surface area contributed by atoms with E-state index < -0.39 is 6.04 Å². The van der Waals surface area contributed by atoms with Crippen molar-refractivity contribution >= 4 is 11.6 Å². The van der Waals surface area contributed by atoms with Crippen molar-refractivity contribution in [2.24, 2.45) is 0 Å². The molecule has 2 aromatic heterocycles. The molecule has 0 aliphatic carbocycles. The number of hydrogen-bond donors (Lipinski definition) is 2. The van der Waals surface area contributed by atoms with E-state index >= 15 is 0 Å². The minimum atomic E-state index is -0.444. The Morgan fingerprint density at radius 2 is 1.91 bits per heavy atom. The summed E-state index contributed by atoms with van der Waals surface area (Å²) in [4.78, 5) is 18.1. The summed E-state index contributed by atoms with van der Waals surface area (Å²) < 4.78 is 7.09. The zero-order valence-corrected chi connectivity index (χ0v) is 18.8. The van der Waals surface area contributed by atoms with Crippen molar-refractivity contribution in [1.29, 1.82) is 0 Å². The van der Waals surface area contributed by atoms with E-state index in [1.54, 1.807) is 36.0 Å². The lowest BCUT2D eigenvalue weighted by atomic mass is 9.96. The van der Waals surface area contributed by atoms with Crippen LogP contribution in [0.25, 0.3) is 0 Å². The van der Waals surface area contributed by atoms with Crippen molar-refractivity contribution in [3.8, 4) is 5.75 Å². The van der Waals surface area contributed by atoms with Gasteiger partial charge in [-0.1, -0.05) is 23.7 Å². The molecule has 3 heterocycles. The molecule has 0 bridgehead atoms. The third kappa shape index (κ3) is 4.76. The Kier molecular flexibility index (Phi) is 7.01. The molecular formula is C24H28ClN3O4. The van der Waals surface area contributed by atoms with Crippen LogP contribution in [0.5, 0.6) is 5.75 Å². The Bertz CT molecular complexity index is 1100. The van der Waals surface area contributed by atoms with Crippen molar-refractivity contribution in [1.82, 2.24) is 14.4 Å². The quantitative estimate of drug-likeness (QED) is 0.567. The standard InChI is InChI=1S/C24H28ClN3O4/c1-17-14-21(30)22(24(31)28(17)16-20-6-3-13-32-20)23(18-4-2-5-19(25)15-18)27-9-7-26(8-10-27)11-12-29/h2-6,13-15,23,29-30H,7-12,16H2,1H3/t23-/m0/s1. The summed E-state index contributed by atoms with van der Waals surface area (Å²) >= 11 is 6.30. The van der Waals surface area contributed by atoms with Crippen molar-refractivity contribution in [2.45, 2.75) is 19.5 Å². The van der Waals surface area contributed by atoms with Crippen LogP contribution in [-0.4, -0.2) is 63.9 Å². The number of hydrogen-bond acceptors (Lipinski definition) is 6. The molecule has 1 atom stereocenters. The molecule has 7 nitrogen and oxygen atoms in total. The zero-order chi connectivity index (χ0) is 22.7. The maximum Gasteiger partial charge on any atom is 0.260 e. The van der Waals surface area contributed by atoms with Crippen LogP contribution < -0.4 is 5.56 Å². The number of β-amino-alcohol motifs (C(OH)–C–C–N with tert-alkyl or cyclic N) is 1. The fourth-order valence-corrected chi connectivity index (χ4v) is 4.60. The summed E-state index contributed by atoms with van der Waals surface area (Å²) in [6, 6.07) is 12.3. The fourth-order valence-electron chi connectivity index (χ4n) is 4.40. The average molecular weight is 458 g/mol. The van der Waals surface area contributed by atoms with E-state index in [9.17, 15) is 15.0 Å². The van der Waals surface area contributed by atoms with Crippen LogP contribution in [0.15, 0.2) is 57.9 Å². The first-order valence-corrected chi connectivity index (χ1v) is 11.1. The second-order valence-corrected chi connectivity index (χ2v) is 8.55. The predicted octanol–water partition coefficient (Wildman–Crippen LogP) is 2.86. The maximum absolute atomic E-state index is 13.7. The van der Waals surface area contributed by atoms with E-state index in [4.69, 9.17) is 16.0 Å². The topological polar surface area (TPSA) is 82.1 Å². The van der Waals surface area contributed by atoms with Gasteiger partial charge in [0.05, 0.1) is 31.0 Å². The summed E-state index contributed by atoms with van der Waals surface area (Å²) in [5.41, 5.74) is 1.60. The zero-order valence-electron chi connectivity index (χ0n) is 18.1. The number of furan rings is 1. The molecule has 0 spiro atoms. The lowest BCUT2D eigenvalue weighted by molar-refractivity contribution is 0.0932. The Balaban J connectivity index is 1.78. The van der Waals surface area contributed by atoms with Gasteiger partial charge in [-0.05, 0) is 42.8 Å². The summed E-state index contributed by atoms with van der Waals surface area (Å²) in [5, 5.41) is 20.8. The summed E-state index contributed by atoms with van der Waals surface area (Å²) in [5.74, 6) is 0.648. The van der Waals surface area contributed by atoms with Gasteiger partial charge in [0, 0.05) is 43.4 Å². The third-order valence-corrected chi connectivity index (χ3v) is 6.28. The number of pyridine rings is 1. The van der Waals surface area contributed by atoms with Crippen LogP contribution in [0.4, 0.5) is 0 Å². The first-order valence-electron chi connectivity index (χ1n) is 10.8. The van der Waals surface area contributed by atoms with Gasteiger partial charge in [0.25, 0.3) is 5.56 Å². The monoisotopic (exact) mass is 457 g/mol. The molecule has 1 aliphatic heterocycles. The molecule has 0 unspecified atom stereocenters. The van der Waals surface area contributed by atoms with Crippen molar-refractivity contribution < 1.29 is 14.6 Å². The maximum atomic E-state index is 13.7. The Morgan fingerprint density at radius 3 is 2.56 bits per heavy atom. The molecule has 1 aliphatic rings. The second kappa shape index (κ2) is 9.92. The number of aromatic nitrogens is 1. The van der Waals surface area contributed by atoms with Crippen LogP contribution in [0, 0.1) is 6.92 Å². The number of piperazine rings is 1. The van der Waals surface area contributed by atoms with Crippen LogP contribution in [0.3, 0.4) is 0 Å². The third-order valence-electron chi connectivity index (χ3n) is 6.04. The summed E-state index contributed by atoms with van der Waals surface area (Å²) in [7, 11) is 0. The van der Waals surface area contributed by atoms with E-state index in [2.05, 4.69) is 9.80 Å². The highest BCUT2D eigenvalue weighted by molar-refractivity contribution is 6.30. The highest BCUT2D eigenvalue weighted by atomic mass is 35.5. The number of halogens is 1. The normalized spacial score (nSPS) is 16.3.